The van der Waals surface area contributed by atoms with Crippen molar-refractivity contribution < 1.29 is 26.7 Å². The van der Waals surface area contributed by atoms with Gasteiger partial charge in [0.15, 0.2) is 0 Å². The number of nitrogens with one attached hydrogen (secondary N) is 1. The van der Waals surface area contributed by atoms with Gasteiger partial charge in [-0.1, -0.05) is 19.9 Å². The Morgan fingerprint density at radius 2 is 2.04 bits per heavy atom. The number of hydrogen-bond donors (Lipinski definition) is 2. The number of alkyl halides is 2. The van der Waals surface area contributed by atoms with E-state index in [1.165, 1.54) is 12.1 Å². The predicted octanol–water partition coefficient (Wildman–Crippen LogP) is 2.58. The van der Waals surface area contributed by atoms with Crippen LogP contribution in [0.2, 0.25) is 0 Å². The third-order valence-electron chi connectivity index (χ3n) is 4.89. The van der Waals surface area contributed by atoms with E-state index >= 15 is 0 Å². The molecule has 0 saturated heterocycles. The fourth-order valence-corrected chi connectivity index (χ4v) is 3.68. The standard InChI is InChI=1S/C16H22F2N2O4S.ClH/c1-4-24-12-9-16(19,15(12,2)3)13(21)20-10-6-5-7-11(8-10)25(22,23)14(17)18;/h5-8,12,14H,4,9,19H2,1-3H3,(H,20,21);1H. The number of hydrogen-bond acceptors (Lipinski definition) is 5. The Kier molecular flexibility index (Phi) is 6.79. The number of sulfone groups is 1. The van der Waals surface area contributed by atoms with Gasteiger partial charge in [0.05, 0.1) is 11.0 Å². The zero-order valence-corrected chi connectivity index (χ0v) is 16.3. The van der Waals surface area contributed by atoms with Crippen molar-refractivity contribution in [2.75, 3.05) is 11.9 Å². The minimum Gasteiger partial charge on any atom is -0.378 e. The van der Waals surface area contributed by atoms with Crippen LogP contribution >= 0.6 is 12.4 Å². The van der Waals surface area contributed by atoms with Crippen molar-refractivity contribution in [1.82, 2.24) is 0 Å². The maximum absolute atomic E-state index is 12.7. The number of halogens is 3. The second-order valence-electron chi connectivity index (χ2n) is 6.63. The van der Waals surface area contributed by atoms with Crippen LogP contribution in [0.15, 0.2) is 29.2 Å². The van der Waals surface area contributed by atoms with Gasteiger partial charge in [-0.15, -0.1) is 12.4 Å². The molecule has 2 unspecified atom stereocenters. The highest BCUT2D eigenvalue weighted by molar-refractivity contribution is 7.91. The summed E-state index contributed by atoms with van der Waals surface area (Å²) in [6.45, 7) is 5.98. The number of carbonyl (C=O) groups excluding carboxylic acids is 1. The molecule has 2 atom stereocenters. The van der Waals surface area contributed by atoms with Gasteiger partial charge < -0.3 is 15.8 Å². The third kappa shape index (κ3) is 3.71. The lowest BCUT2D eigenvalue weighted by Crippen LogP contribution is -2.74. The molecule has 6 nitrogen and oxygen atoms in total. The topological polar surface area (TPSA) is 98.5 Å². The first kappa shape index (κ1) is 22.8. The van der Waals surface area contributed by atoms with Crippen LogP contribution in [-0.2, 0) is 19.4 Å². The summed E-state index contributed by atoms with van der Waals surface area (Å²) in [6.07, 6.45) is 0.146. The highest BCUT2D eigenvalue weighted by Gasteiger charge is 2.62. The smallest absolute Gasteiger partial charge is 0.341 e. The molecule has 1 aromatic carbocycles. The molecular formula is C16H23ClF2N2O4S. The summed E-state index contributed by atoms with van der Waals surface area (Å²) in [5.41, 5.74) is 4.50. The molecule has 1 saturated carbocycles. The summed E-state index contributed by atoms with van der Waals surface area (Å²) >= 11 is 0. The molecule has 0 heterocycles. The lowest BCUT2D eigenvalue weighted by atomic mass is 9.54. The second kappa shape index (κ2) is 7.75. The molecule has 0 radical (unpaired) electrons. The highest BCUT2D eigenvalue weighted by atomic mass is 35.5. The van der Waals surface area contributed by atoms with E-state index in [4.69, 9.17) is 10.5 Å². The number of rotatable bonds is 6. The Labute approximate surface area is 157 Å². The molecule has 0 bridgehead atoms. The molecule has 0 aromatic heterocycles. The molecule has 26 heavy (non-hydrogen) atoms. The van der Waals surface area contributed by atoms with Gasteiger partial charge in [-0.2, -0.15) is 8.78 Å². The molecule has 2 rings (SSSR count). The average Bonchev–Trinajstić information content (AvgIpc) is 2.54. The third-order valence-corrected chi connectivity index (χ3v) is 6.27. The molecule has 0 aliphatic heterocycles. The largest absolute Gasteiger partial charge is 0.378 e. The monoisotopic (exact) mass is 412 g/mol. The Morgan fingerprint density at radius 3 is 2.54 bits per heavy atom. The number of carbonyl (C=O) groups is 1. The molecule has 148 valence electrons. The molecular weight excluding hydrogens is 390 g/mol. The lowest BCUT2D eigenvalue weighted by molar-refractivity contribution is -0.166. The van der Waals surface area contributed by atoms with Gasteiger partial charge in [0.1, 0.15) is 5.54 Å². The van der Waals surface area contributed by atoms with Crippen LogP contribution in [0, 0.1) is 5.41 Å². The molecule has 1 amide bonds. The fraction of sp³-hybridized carbons (Fsp3) is 0.562. The first-order valence-electron chi connectivity index (χ1n) is 7.81. The van der Waals surface area contributed by atoms with Gasteiger partial charge in [-0.05, 0) is 25.1 Å². The van der Waals surface area contributed by atoms with Crippen molar-refractivity contribution >= 4 is 33.8 Å². The summed E-state index contributed by atoms with van der Waals surface area (Å²) in [7, 11) is -4.74. The summed E-state index contributed by atoms with van der Waals surface area (Å²) < 4.78 is 54.0. The maximum Gasteiger partial charge on any atom is 0.341 e. The van der Waals surface area contributed by atoms with E-state index in [9.17, 15) is 22.0 Å². The van der Waals surface area contributed by atoms with Crippen molar-refractivity contribution in [1.29, 1.82) is 0 Å². The number of ether oxygens (including phenoxy) is 1. The van der Waals surface area contributed by atoms with Crippen LogP contribution in [-0.4, -0.2) is 38.3 Å². The Balaban J connectivity index is 0.00000338. The average molecular weight is 413 g/mol. The Bertz CT molecular complexity index is 773. The van der Waals surface area contributed by atoms with E-state index < -0.39 is 37.4 Å². The van der Waals surface area contributed by atoms with E-state index in [1.807, 2.05) is 20.8 Å². The van der Waals surface area contributed by atoms with Gasteiger partial charge >= 0.3 is 5.76 Å². The van der Waals surface area contributed by atoms with Crippen molar-refractivity contribution in [2.24, 2.45) is 11.1 Å². The van der Waals surface area contributed by atoms with E-state index in [-0.39, 0.29) is 24.2 Å². The molecule has 0 spiro atoms. The summed E-state index contributed by atoms with van der Waals surface area (Å²) in [6, 6.07) is 4.74. The Hall–Kier alpha value is -1.29. The van der Waals surface area contributed by atoms with Crippen LogP contribution in [0.3, 0.4) is 0 Å². The van der Waals surface area contributed by atoms with Crippen molar-refractivity contribution in [3.8, 4) is 0 Å². The number of nitrogens with two attached hydrogens (primary N) is 1. The lowest BCUT2D eigenvalue weighted by Gasteiger charge is -2.57. The summed E-state index contributed by atoms with van der Waals surface area (Å²) in [5.74, 6) is -4.04. The SMILES string of the molecule is CCOC1CC(N)(C(=O)Nc2cccc(S(=O)(=O)C(F)F)c2)C1(C)C.Cl. The van der Waals surface area contributed by atoms with E-state index in [1.54, 1.807) is 0 Å². The van der Waals surface area contributed by atoms with Crippen LogP contribution in [0.1, 0.15) is 27.2 Å². The molecule has 1 aliphatic rings. The number of anilines is 1. The van der Waals surface area contributed by atoms with Crippen molar-refractivity contribution in [3.63, 3.8) is 0 Å². The molecule has 3 N–H and O–H groups in total. The van der Waals surface area contributed by atoms with E-state index in [0.717, 1.165) is 12.1 Å². The van der Waals surface area contributed by atoms with Crippen LogP contribution in [0.4, 0.5) is 14.5 Å². The fourth-order valence-electron chi connectivity index (χ4n) is 2.92. The van der Waals surface area contributed by atoms with Crippen LogP contribution < -0.4 is 11.1 Å². The van der Waals surface area contributed by atoms with Crippen molar-refractivity contribution in [3.05, 3.63) is 24.3 Å². The predicted molar refractivity (Wildman–Crippen MR) is 96.2 cm³/mol. The summed E-state index contributed by atoms with van der Waals surface area (Å²) in [4.78, 5) is 12.0. The molecule has 1 aromatic rings. The zero-order chi connectivity index (χ0) is 19.0. The van der Waals surface area contributed by atoms with E-state index in [0.29, 0.717) is 13.0 Å². The minimum atomic E-state index is -4.74. The molecule has 1 aliphatic carbocycles. The maximum atomic E-state index is 12.7. The van der Waals surface area contributed by atoms with E-state index in [2.05, 4.69) is 5.32 Å². The van der Waals surface area contributed by atoms with Gasteiger partial charge in [0.25, 0.3) is 0 Å². The zero-order valence-electron chi connectivity index (χ0n) is 14.7. The van der Waals surface area contributed by atoms with Gasteiger partial charge in [0, 0.05) is 24.1 Å². The van der Waals surface area contributed by atoms with Gasteiger partial charge in [0.2, 0.25) is 15.7 Å². The molecule has 10 heteroatoms. The number of benzene rings is 1. The van der Waals surface area contributed by atoms with Crippen molar-refractivity contribution in [2.45, 2.75) is 49.5 Å². The normalized spacial score (nSPS) is 24.5. The Morgan fingerprint density at radius 1 is 1.42 bits per heavy atom. The van der Waals surface area contributed by atoms with Gasteiger partial charge in [-0.25, -0.2) is 8.42 Å². The van der Waals surface area contributed by atoms with Gasteiger partial charge in [-0.3, -0.25) is 4.79 Å². The first-order chi connectivity index (χ1) is 11.5. The highest BCUT2D eigenvalue weighted by Crippen LogP contribution is 2.50. The number of amides is 1. The second-order valence-corrected chi connectivity index (χ2v) is 8.55. The first-order valence-corrected chi connectivity index (χ1v) is 9.35. The van der Waals surface area contributed by atoms with Crippen LogP contribution in [0.5, 0.6) is 0 Å². The molecule has 1 fully saturated rings. The minimum absolute atomic E-state index is 0. The summed E-state index contributed by atoms with van der Waals surface area (Å²) in [5, 5.41) is 2.53. The van der Waals surface area contributed by atoms with Crippen LogP contribution in [0.25, 0.3) is 0 Å². The quantitative estimate of drug-likeness (QED) is 0.748.